The van der Waals surface area contributed by atoms with Gasteiger partial charge in [0, 0.05) is 38.3 Å². The van der Waals surface area contributed by atoms with Crippen LogP contribution in [0.1, 0.15) is 35.3 Å². The number of hydrogen-bond acceptors (Lipinski definition) is 6. The van der Waals surface area contributed by atoms with E-state index in [4.69, 9.17) is 11.6 Å². The molecular formula is C25H24ClFN6O3. The summed E-state index contributed by atoms with van der Waals surface area (Å²) in [5.41, 5.74) is 0.296. The van der Waals surface area contributed by atoms with Crippen molar-refractivity contribution in [3.05, 3.63) is 58.6 Å². The molecule has 2 fully saturated rings. The summed E-state index contributed by atoms with van der Waals surface area (Å²) in [5, 5.41) is 18.7. The number of hydrogen-bond donors (Lipinski definition) is 2. The molecule has 5 heterocycles. The Morgan fingerprint density at radius 3 is 2.75 bits per heavy atom. The number of rotatable bonds is 4. The number of β-amino-alcohol motifs (C(OH)–C–C–N with tert-alkyl or cyclic N) is 1. The molecule has 186 valence electrons. The minimum Gasteiger partial charge on any atom is -0.378 e. The molecule has 1 atom stereocenters. The number of halogens is 2. The lowest BCUT2D eigenvalue weighted by atomic mass is 10.0. The number of likely N-dealkylation sites (tertiary alicyclic amines) is 1. The van der Waals surface area contributed by atoms with Crippen molar-refractivity contribution < 1.29 is 19.1 Å². The molecular weight excluding hydrogens is 487 g/mol. The molecule has 0 bridgehead atoms. The molecule has 0 radical (unpaired) electrons. The van der Waals surface area contributed by atoms with Crippen LogP contribution in [0.2, 0.25) is 5.02 Å². The molecule has 3 aromatic rings. The number of aromatic nitrogens is 3. The molecule has 3 aliphatic rings. The normalized spacial score (nSPS) is 21.2. The maximum absolute atomic E-state index is 14.7. The van der Waals surface area contributed by atoms with Crippen LogP contribution in [0.5, 0.6) is 0 Å². The Morgan fingerprint density at radius 2 is 1.97 bits per heavy atom. The van der Waals surface area contributed by atoms with E-state index >= 15 is 0 Å². The maximum Gasteiger partial charge on any atom is 0.256 e. The highest BCUT2D eigenvalue weighted by molar-refractivity contribution is 6.33. The van der Waals surface area contributed by atoms with Crippen LogP contribution in [0.25, 0.3) is 16.9 Å². The summed E-state index contributed by atoms with van der Waals surface area (Å²) in [6.07, 6.45) is 3.93. The molecule has 2 N–H and O–H groups in total. The first-order chi connectivity index (χ1) is 17.3. The van der Waals surface area contributed by atoms with Gasteiger partial charge in [0.15, 0.2) is 11.4 Å². The zero-order valence-corrected chi connectivity index (χ0v) is 20.1. The Kier molecular flexibility index (Phi) is 5.45. The largest absolute Gasteiger partial charge is 0.378 e. The summed E-state index contributed by atoms with van der Waals surface area (Å²) < 4.78 is 16.2. The number of nitrogens with zero attached hydrogens (tertiary/aromatic N) is 5. The van der Waals surface area contributed by atoms with E-state index in [1.807, 2.05) is 4.90 Å². The number of aliphatic hydroxyl groups is 1. The molecule has 3 aliphatic heterocycles. The molecule has 2 amide bonds. The highest BCUT2D eigenvalue weighted by atomic mass is 35.5. The second-order valence-electron chi connectivity index (χ2n) is 9.45. The van der Waals surface area contributed by atoms with Gasteiger partial charge in [-0.25, -0.2) is 14.1 Å². The monoisotopic (exact) mass is 510 g/mol. The number of benzene rings is 1. The van der Waals surface area contributed by atoms with Crippen LogP contribution >= 0.6 is 11.6 Å². The molecule has 0 unspecified atom stereocenters. The van der Waals surface area contributed by atoms with Gasteiger partial charge in [0.1, 0.15) is 5.82 Å². The van der Waals surface area contributed by atoms with Gasteiger partial charge in [-0.05, 0) is 31.0 Å². The van der Waals surface area contributed by atoms with Gasteiger partial charge in [0.2, 0.25) is 0 Å². The van der Waals surface area contributed by atoms with Crippen molar-refractivity contribution >= 4 is 29.2 Å². The second kappa shape index (κ2) is 8.56. The van der Waals surface area contributed by atoms with Crippen LogP contribution < -0.4 is 10.2 Å². The molecule has 2 aromatic heterocycles. The van der Waals surface area contributed by atoms with Crippen molar-refractivity contribution in [2.75, 3.05) is 31.1 Å². The number of fused-ring (bicyclic) bond motifs is 1. The van der Waals surface area contributed by atoms with Gasteiger partial charge in [-0.15, -0.1) is 0 Å². The lowest BCUT2D eigenvalue weighted by molar-refractivity contribution is -0.147. The Hall–Kier alpha value is -3.50. The predicted octanol–water partition coefficient (Wildman–Crippen LogP) is 2.53. The van der Waals surface area contributed by atoms with Crippen LogP contribution in [0.4, 0.5) is 10.2 Å². The first-order valence-corrected chi connectivity index (χ1v) is 12.3. The molecule has 0 spiro atoms. The van der Waals surface area contributed by atoms with Crippen LogP contribution in [0.3, 0.4) is 0 Å². The maximum atomic E-state index is 14.7. The average molecular weight is 511 g/mol. The fraction of sp³-hybridized carbons (Fsp3) is 0.360. The Balaban J connectivity index is 1.34. The molecule has 36 heavy (non-hydrogen) atoms. The van der Waals surface area contributed by atoms with Crippen LogP contribution in [0.15, 0.2) is 36.5 Å². The fourth-order valence-electron chi connectivity index (χ4n) is 5.26. The molecule has 2 saturated heterocycles. The summed E-state index contributed by atoms with van der Waals surface area (Å²) in [4.78, 5) is 33.6. The van der Waals surface area contributed by atoms with E-state index in [0.717, 1.165) is 12.8 Å². The number of carbonyl (C=O) groups is 2. The zero-order chi connectivity index (χ0) is 25.0. The van der Waals surface area contributed by atoms with E-state index in [1.54, 1.807) is 34.0 Å². The molecule has 0 aliphatic carbocycles. The van der Waals surface area contributed by atoms with Gasteiger partial charge in [0.05, 0.1) is 46.3 Å². The number of anilines is 1. The minimum absolute atomic E-state index is 0.143. The third-order valence-corrected chi connectivity index (χ3v) is 7.44. The summed E-state index contributed by atoms with van der Waals surface area (Å²) >= 11 is 6.29. The fourth-order valence-corrected chi connectivity index (χ4v) is 5.52. The number of pyridine rings is 1. The summed E-state index contributed by atoms with van der Waals surface area (Å²) in [6, 6.07) is 7.78. The summed E-state index contributed by atoms with van der Waals surface area (Å²) in [6.45, 7) is 2.19. The van der Waals surface area contributed by atoms with E-state index in [1.165, 1.54) is 12.1 Å². The number of nitrogens with one attached hydrogen (secondary N) is 1. The third kappa shape index (κ3) is 3.72. The molecule has 0 saturated carbocycles. The van der Waals surface area contributed by atoms with Gasteiger partial charge in [-0.2, -0.15) is 5.10 Å². The lowest BCUT2D eigenvalue weighted by Gasteiger charge is -2.27. The van der Waals surface area contributed by atoms with Gasteiger partial charge < -0.3 is 20.2 Å². The van der Waals surface area contributed by atoms with E-state index in [2.05, 4.69) is 15.4 Å². The molecule has 9 nitrogen and oxygen atoms in total. The SMILES string of the molecule is O=C1NCc2nc(-c3c(F)cccc3Cl)cc(-n3ccc(N4CC[C@](O)(C(=O)N5CCCC5)C4)n3)c21. The van der Waals surface area contributed by atoms with E-state index < -0.39 is 11.4 Å². The van der Waals surface area contributed by atoms with Gasteiger partial charge in [-0.1, -0.05) is 17.7 Å². The number of amides is 2. The van der Waals surface area contributed by atoms with Crippen molar-refractivity contribution in [2.45, 2.75) is 31.4 Å². The highest BCUT2D eigenvalue weighted by Crippen LogP contribution is 2.34. The topological polar surface area (TPSA) is 104 Å². The second-order valence-corrected chi connectivity index (χ2v) is 9.86. The van der Waals surface area contributed by atoms with Crippen molar-refractivity contribution in [3.8, 4) is 16.9 Å². The Bertz CT molecular complexity index is 1370. The Morgan fingerprint density at radius 1 is 1.17 bits per heavy atom. The van der Waals surface area contributed by atoms with Crippen molar-refractivity contribution in [1.29, 1.82) is 0 Å². The number of carbonyl (C=O) groups excluding carboxylic acids is 2. The van der Waals surface area contributed by atoms with Crippen molar-refractivity contribution in [1.82, 2.24) is 25.0 Å². The average Bonchev–Trinajstić information content (AvgIpc) is 3.66. The van der Waals surface area contributed by atoms with Crippen LogP contribution in [-0.2, 0) is 11.3 Å². The summed E-state index contributed by atoms with van der Waals surface area (Å²) in [7, 11) is 0. The zero-order valence-electron chi connectivity index (χ0n) is 19.4. The smallest absolute Gasteiger partial charge is 0.256 e. The molecule has 6 rings (SSSR count). The van der Waals surface area contributed by atoms with Crippen molar-refractivity contribution in [2.24, 2.45) is 0 Å². The van der Waals surface area contributed by atoms with Gasteiger partial charge in [0.25, 0.3) is 11.8 Å². The summed E-state index contributed by atoms with van der Waals surface area (Å²) in [5.74, 6) is -0.465. The molecule has 1 aromatic carbocycles. The predicted molar refractivity (Wildman–Crippen MR) is 131 cm³/mol. The first kappa shape index (κ1) is 22.9. The minimum atomic E-state index is -1.44. The highest BCUT2D eigenvalue weighted by Gasteiger charge is 2.46. The first-order valence-electron chi connectivity index (χ1n) is 11.9. The Labute approximate surface area is 211 Å². The third-order valence-electron chi connectivity index (χ3n) is 7.12. The standard InChI is InChI=1S/C25H24ClFN6O3/c26-15-4-3-5-16(27)21(15)17-12-19(22-18(29-17)13-28-23(22)34)33-10-6-20(30-33)32-11-7-25(36,14-32)24(35)31-8-1-2-9-31/h3-6,10,12,36H,1-2,7-9,11,13-14H2,(H,28,34)/t25-/m1/s1. The van der Waals surface area contributed by atoms with Crippen molar-refractivity contribution in [3.63, 3.8) is 0 Å². The van der Waals surface area contributed by atoms with Gasteiger partial charge in [-0.3, -0.25) is 9.59 Å². The van der Waals surface area contributed by atoms with E-state index in [0.29, 0.717) is 54.5 Å². The lowest BCUT2D eigenvalue weighted by Crippen LogP contribution is -2.49. The van der Waals surface area contributed by atoms with Gasteiger partial charge >= 0.3 is 0 Å². The quantitative estimate of drug-likeness (QED) is 0.559. The molecule has 11 heteroatoms. The van der Waals surface area contributed by atoms with Crippen LogP contribution in [-0.4, -0.2) is 68.4 Å². The van der Waals surface area contributed by atoms with Crippen LogP contribution in [0, 0.1) is 5.82 Å². The van der Waals surface area contributed by atoms with E-state index in [9.17, 15) is 19.1 Å². The van der Waals surface area contributed by atoms with E-state index in [-0.39, 0.29) is 35.5 Å².